The molecular formula is C16H23NO4. The maximum Gasteiger partial charge on any atom is 0.307 e. The molecule has 21 heavy (non-hydrogen) atoms. The van der Waals surface area contributed by atoms with Crippen LogP contribution < -0.4 is 0 Å². The summed E-state index contributed by atoms with van der Waals surface area (Å²) in [6, 6.07) is 7.33. The number of ether oxygens (including phenoxy) is 1. The lowest BCUT2D eigenvalue weighted by molar-refractivity contribution is -0.143. The van der Waals surface area contributed by atoms with Gasteiger partial charge >= 0.3 is 5.97 Å². The van der Waals surface area contributed by atoms with E-state index in [4.69, 9.17) is 9.84 Å². The van der Waals surface area contributed by atoms with Gasteiger partial charge in [0, 0.05) is 25.3 Å². The summed E-state index contributed by atoms with van der Waals surface area (Å²) in [7, 11) is 0. The average Bonchev–Trinajstić information content (AvgIpc) is 2.47. The van der Waals surface area contributed by atoms with E-state index in [2.05, 4.69) is 0 Å². The summed E-state index contributed by atoms with van der Waals surface area (Å²) in [5, 5.41) is 8.94. The largest absolute Gasteiger partial charge is 0.466 e. The Hall–Kier alpha value is -1.88. The van der Waals surface area contributed by atoms with Crippen LogP contribution in [0.25, 0.3) is 0 Å². The molecule has 5 heteroatoms. The number of carbonyl (C=O) groups excluding carboxylic acids is 2. The van der Waals surface area contributed by atoms with Crippen molar-refractivity contribution in [2.45, 2.75) is 26.7 Å². The van der Waals surface area contributed by atoms with Gasteiger partial charge in [-0.05, 0) is 32.4 Å². The number of esters is 1. The summed E-state index contributed by atoms with van der Waals surface area (Å²) in [6.45, 7) is 4.74. The molecule has 0 aliphatic rings. The van der Waals surface area contributed by atoms with Crippen molar-refractivity contribution in [1.82, 2.24) is 4.90 Å². The highest BCUT2D eigenvalue weighted by Gasteiger charge is 2.17. The lowest BCUT2D eigenvalue weighted by Gasteiger charge is -2.22. The van der Waals surface area contributed by atoms with Crippen LogP contribution in [-0.2, 0) is 9.53 Å². The summed E-state index contributed by atoms with van der Waals surface area (Å²) >= 11 is 0. The minimum absolute atomic E-state index is 0.0109. The highest BCUT2D eigenvalue weighted by atomic mass is 16.5. The molecule has 0 radical (unpaired) electrons. The summed E-state index contributed by atoms with van der Waals surface area (Å²) in [5.41, 5.74) is 1.60. The van der Waals surface area contributed by atoms with Crippen molar-refractivity contribution in [3.8, 4) is 0 Å². The van der Waals surface area contributed by atoms with Gasteiger partial charge in [-0.25, -0.2) is 0 Å². The van der Waals surface area contributed by atoms with Crippen molar-refractivity contribution in [3.05, 3.63) is 35.4 Å². The van der Waals surface area contributed by atoms with E-state index in [9.17, 15) is 9.59 Å². The van der Waals surface area contributed by atoms with E-state index in [1.54, 1.807) is 17.9 Å². The molecule has 1 rings (SSSR count). The lowest BCUT2D eigenvalue weighted by atomic mass is 10.1. The van der Waals surface area contributed by atoms with Crippen molar-refractivity contribution in [3.63, 3.8) is 0 Å². The highest BCUT2D eigenvalue weighted by molar-refractivity contribution is 5.94. The topological polar surface area (TPSA) is 66.8 Å². The zero-order valence-corrected chi connectivity index (χ0v) is 12.7. The van der Waals surface area contributed by atoms with Crippen molar-refractivity contribution < 1.29 is 19.4 Å². The van der Waals surface area contributed by atoms with Gasteiger partial charge in [-0.1, -0.05) is 17.7 Å². The summed E-state index contributed by atoms with van der Waals surface area (Å²) in [5.74, 6) is -0.444. The summed E-state index contributed by atoms with van der Waals surface area (Å²) in [6.07, 6.45) is 0.650. The molecule has 0 atom stereocenters. The van der Waals surface area contributed by atoms with Gasteiger partial charge < -0.3 is 14.7 Å². The molecule has 116 valence electrons. The van der Waals surface area contributed by atoms with Crippen molar-refractivity contribution >= 4 is 11.9 Å². The minimum Gasteiger partial charge on any atom is -0.466 e. The van der Waals surface area contributed by atoms with Crippen LogP contribution in [0.1, 0.15) is 35.7 Å². The molecule has 0 aliphatic carbocycles. The van der Waals surface area contributed by atoms with E-state index >= 15 is 0 Å². The van der Waals surface area contributed by atoms with E-state index in [1.807, 2.05) is 25.1 Å². The molecule has 1 N–H and O–H groups in total. The van der Waals surface area contributed by atoms with E-state index in [-0.39, 0.29) is 24.9 Å². The first-order chi connectivity index (χ1) is 10.1. The SMILES string of the molecule is CCOC(=O)CCN(CCCO)C(=O)c1cccc(C)c1. The first-order valence-electron chi connectivity index (χ1n) is 7.21. The number of aryl methyl sites for hydroxylation is 1. The van der Waals surface area contributed by atoms with Crippen LogP contribution in [0.4, 0.5) is 0 Å². The molecule has 0 heterocycles. The predicted molar refractivity (Wildman–Crippen MR) is 80.0 cm³/mol. The fourth-order valence-electron chi connectivity index (χ4n) is 2.00. The molecule has 0 saturated carbocycles. The van der Waals surface area contributed by atoms with Gasteiger partial charge in [0.05, 0.1) is 13.0 Å². The van der Waals surface area contributed by atoms with Crippen LogP contribution in [-0.4, -0.2) is 48.2 Å². The molecule has 0 aliphatic heterocycles. The fraction of sp³-hybridized carbons (Fsp3) is 0.500. The second-order valence-electron chi connectivity index (χ2n) is 4.79. The van der Waals surface area contributed by atoms with E-state index in [0.29, 0.717) is 31.7 Å². The Morgan fingerprint density at radius 2 is 2.05 bits per heavy atom. The van der Waals surface area contributed by atoms with Crippen LogP contribution in [0.5, 0.6) is 0 Å². The molecule has 1 aromatic rings. The van der Waals surface area contributed by atoms with Crippen molar-refractivity contribution in [1.29, 1.82) is 0 Å². The Labute approximate surface area is 125 Å². The number of nitrogens with zero attached hydrogens (tertiary/aromatic N) is 1. The summed E-state index contributed by atoms with van der Waals surface area (Å²) in [4.78, 5) is 25.5. The number of aliphatic hydroxyl groups excluding tert-OH is 1. The Morgan fingerprint density at radius 3 is 2.67 bits per heavy atom. The number of carbonyl (C=O) groups is 2. The third-order valence-corrected chi connectivity index (χ3v) is 3.03. The van der Waals surface area contributed by atoms with Crippen LogP contribution in [0.2, 0.25) is 0 Å². The van der Waals surface area contributed by atoms with Crippen LogP contribution in [0.3, 0.4) is 0 Å². The second-order valence-corrected chi connectivity index (χ2v) is 4.79. The number of benzene rings is 1. The third-order valence-electron chi connectivity index (χ3n) is 3.03. The zero-order valence-electron chi connectivity index (χ0n) is 12.7. The first-order valence-corrected chi connectivity index (χ1v) is 7.21. The minimum atomic E-state index is -0.316. The number of hydrogen-bond acceptors (Lipinski definition) is 4. The molecule has 0 spiro atoms. The van der Waals surface area contributed by atoms with E-state index < -0.39 is 0 Å². The predicted octanol–water partition coefficient (Wildman–Crippen LogP) is 1.77. The van der Waals surface area contributed by atoms with Gasteiger partial charge in [0.1, 0.15) is 0 Å². The van der Waals surface area contributed by atoms with Crippen molar-refractivity contribution in [2.24, 2.45) is 0 Å². The molecule has 5 nitrogen and oxygen atoms in total. The Morgan fingerprint density at radius 1 is 1.29 bits per heavy atom. The number of hydrogen-bond donors (Lipinski definition) is 1. The second kappa shape index (κ2) is 9.13. The summed E-state index contributed by atoms with van der Waals surface area (Å²) < 4.78 is 4.88. The highest BCUT2D eigenvalue weighted by Crippen LogP contribution is 2.09. The fourth-order valence-corrected chi connectivity index (χ4v) is 2.00. The Bertz CT molecular complexity index is 473. The maximum atomic E-state index is 12.5. The van der Waals surface area contributed by atoms with Crippen LogP contribution >= 0.6 is 0 Å². The third kappa shape index (κ3) is 5.95. The normalized spacial score (nSPS) is 10.2. The lowest BCUT2D eigenvalue weighted by Crippen LogP contribution is -2.34. The number of aliphatic hydroxyl groups is 1. The van der Waals surface area contributed by atoms with Gasteiger partial charge in [-0.3, -0.25) is 9.59 Å². The molecule has 0 fully saturated rings. The monoisotopic (exact) mass is 293 g/mol. The van der Waals surface area contributed by atoms with Gasteiger partial charge in [-0.2, -0.15) is 0 Å². The smallest absolute Gasteiger partial charge is 0.307 e. The molecule has 0 saturated heterocycles. The van der Waals surface area contributed by atoms with Gasteiger partial charge in [0.25, 0.3) is 5.91 Å². The molecule has 0 aromatic heterocycles. The van der Waals surface area contributed by atoms with E-state index in [1.165, 1.54) is 0 Å². The molecule has 1 amide bonds. The Kier molecular flexibility index (Phi) is 7.46. The van der Waals surface area contributed by atoms with E-state index in [0.717, 1.165) is 5.56 Å². The van der Waals surface area contributed by atoms with Crippen molar-refractivity contribution in [2.75, 3.05) is 26.3 Å². The number of amides is 1. The van der Waals surface area contributed by atoms with Gasteiger partial charge in [0.15, 0.2) is 0 Å². The van der Waals surface area contributed by atoms with Gasteiger partial charge in [-0.15, -0.1) is 0 Å². The molecule has 0 bridgehead atoms. The van der Waals surface area contributed by atoms with Crippen LogP contribution in [0, 0.1) is 6.92 Å². The number of rotatable bonds is 8. The zero-order chi connectivity index (χ0) is 15.7. The maximum absolute atomic E-state index is 12.5. The Balaban J connectivity index is 2.71. The quantitative estimate of drug-likeness (QED) is 0.742. The van der Waals surface area contributed by atoms with Crippen LogP contribution in [0.15, 0.2) is 24.3 Å². The molecule has 1 aromatic carbocycles. The van der Waals surface area contributed by atoms with Gasteiger partial charge in [0.2, 0.25) is 0 Å². The molecular weight excluding hydrogens is 270 g/mol. The average molecular weight is 293 g/mol. The molecule has 0 unspecified atom stereocenters. The standard InChI is InChI=1S/C16H23NO4/c1-3-21-15(19)8-10-17(9-5-11-18)16(20)14-7-4-6-13(2)12-14/h4,6-7,12,18H,3,5,8-11H2,1-2H3. The first kappa shape index (κ1) is 17.2.